The number of nitrogens with zero attached hydrogens (tertiary/aromatic N) is 1. The number of aromatic nitrogens is 1. The van der Waals surface area contributed by atoms with E-state index in [1.165, 1.54) is 0 Å². The molecule has 0 spiro atoms. The molecule has 0 unspecified atom stereocenters. The van der Waals surface area contributed by atoms with Crippen LogP contribution in [0.25, 0.3) is 11.3 Å². The van der Waals surface area contributed by atoms with Gasteiger partial charge in [0.25, 0.3) is 0 Å². The summed E-state index contributed by atoms with van der Waals surface area (Å²) in [5, 5.41) is 0.646. The minimum absolute atomic E-state index is 0.370. The molecule has 3 nitrogen and oxygen atoms in total. The third-order valence-electron chi connectivity index (χ3n) is 4.41. The van der Waals surface area contributed by atoms with Crippen molar-refractivity contribution in [3.63, 3.8) is 0 Å². The predicted molar refractivity (Wildman–Crippen MR) is 90.4 cm³/mol. The van der Waals surface area contributed by atoms with Gasteiger partial charge < -0.3 is 9.31 Å². The van der Waals surface area contributed by atoms with Crippen LogP contribution in [-0.4, -0.2) is 23.3 Å². The number of hydrogen-bond donors (Lipinski definition) is 0. The Kier molecular flexibility index (Phi) is 3.80. The highest BCUT2D eigenvalue weighted by Gasteiger charge is 2.51. The summed E-state index contributed by atoms with van der Waals surface area (Å²) in [6, 6.07) is 11.6. The fraction of sp³-hybridized carbons (Fsp3) is 0.353. The van der Waals surface area contributed by atoms with E-state index in [1.54, 1.807) is 6.20 Å². The van der Waals surface area contributed by atoms with Gasteiger partial charge in [-0.15, -0.1) is 0 Å². The normalized spacial score (nSPS) is 19.4. The standard InChI is InChI=1S/C17H19BClNO2/c1-16(2)17(3,4)22-18(21-16)13-9-12(10-14(19)11-13)15-7-5-6-8-20-15/h5-11H,1-4H3. The minimum atomic E-state index is -0.425. The van der Waals surface area contributed by atoms with Gasteiger partial charge in [0, 0.05) is 16.8 Å². The molecule has 1 saturated heterocycles. The van der Waals surface area contributed by atoms with Crippen molar-refractivity contribution in [3.8, 4) is 11.3 Å². The van der Waals surface area contributed by atoms with E-state index in [4.69, 9.17) is 20.9 Å². The fourth-order valence-corrected chi connectivity index (χ4v) is 2.65. The quantitative estimate of drug-likeness (QED) is 0.792. The van der Waals surface area contributed by atoms with Gasteiger partial charge in [-0.05, 0) is 57.4 Å². The maximum atomic E-state index is 6.28. The number of hydrogen-bond acceptors (Lipinski definition) is 3. The SMILES string of the molecule is CC1(C)OB(c2cc(Cl)cc(-c3ccccn3)c2)OC1(C)C. The average molecular weight is 316 g/mol. The van der Waals surface area contributed by atoms with Crippen LogP contribution in [0, 0.1) is 0 Å². The molecule has 1 aromatic carbocycles. The summed E-state index contributed by atoms with van der Waals surface area (Å²) in [4.78, 5) is 4.37. The Morgan fingerprint density at radius 2 is 1.68 bits per heavy atom. The minimum Gasteiger partial charge on any atom is -0.399 e. The first kappa shape index (κ1) is 15.5. The lowest BCUT2D eigenvalue weighted by Gasteiger charge is -2.32. The second kappa shape index (κ2) is 5.37. The van der Waals surface area contributed by atoms with Gasteiger partial charge >= 0.3 is 7.12 Å². The van der Waals surface area contributed by atoms with Gasteiger partial charge in [-0.1, -0.05) is 23.7 Å². The topological polar surface area (TPSA) is 31.4 Å². The van der Waals surface area contributed by atoms with E-state index in [1.807, 2.05) is 64.1 Å². The summed E-state index contributed by atoms with van der Waals surface area (Å²) in [5.41, 5.74) is 2.00. The Balaban J connectivity index is 1.98. The van der Waals surface area contributed by atoms with E-state index in [-0.39, 0.29) is 11.2 Å². The van der Waals surface area contributed by atoms with E-state index in [0.717, 1.165) is 16.7 Å². The molecule has 0 atom stereocenters. The third-order valence-corrected chi connectivity index (χ3v) is 4.62. The average Bonchev–Trinajstić information content (AvgIpc) is 2.68. The molecule has 0 N–H and O–H groups in total. The molecule has 3 rings (SSSR count). The Morgan fingerprint density at radius 3 is 2.27 bits per heavy atom. The smallest absolute Gasteiger partial charge is 0.399 e. The summed E-state index contributed by atoms with van der Waals surface area (Å²) < 4.78 is 12.2. The van der Waals surface area contributed by atoms with Crippen molar-refractivity contribution >= 4 is 24.2 Å². The van der Waals surface area contributed by atoms with E-state index >= 15 is 0 Å². The lowest BCUT2D eigenvalue weighted by atomic mass is 9.78. The number of halogens is 1. The van der Waals surface area contributed by atoms with Gasteiger partial charge in [0.05, 0.1) is 16.9 Å². The summed E-state index contributed by atoms with van der Waals surface area (Å²) in [5.74, 6) is 0. The summed E-state index contributed by atoms with van der Waals surface area (Å²) >= 11 is 6.28. The van der Waals surface area contributed by atoms with Crippen LogP contribution in [0.2, 0.25) is 5.02 Å². The van der Waals surface area contributed by atoms with E-state index in [9.17, 15) is 0 Å². The van der Waals surface area contributed by atoms with Gasteiger partial charge in [-0.25, -0.2) is 0 Å². The largest absolute Gasteiger partial charge is 0.494 e. The van der Waals surface area contributed by atoms with Gasteiger partial charge in [0.2, 0.25) is 0 Å². The third kappa shape index (κ3) is 2.79. The molecule has 1 fully saturated rings. The molecule has 1 aromatic heterocycles. The van der Waals surface area contributed by atoms with Crippen molar-refractivity contribution in [2.75, 3.05) is 0 Å². The Morgan fingerprint density at radius 1 is 1.00 bits per heavy atom. The Bertz CT molecular complexity index is 672. The maximum Gasteiger partial charge on any atom is 0.494 e. The van der Waals surface area contributed by atoms with Gasteiger partial charge in [0.1, 0.15) is 0 Å². The van der Waals surface area contributed by atoms with Crippen LogP contribution in [0.5, 0.6) is 0 Å². The number of rotatable bonds is 2. The summed E-state index contributed by atoms with van der Waals surface area (Å²) in [7, 11) is -0.425. The van der Waals surface area contributed by atoms with Gasteiger partial charge in [0.15, 0.2) is 0 Å². The summed E-state index contributed by atoms with van der Waals surface area (Å²) in [6.07, 6.45) is 1.77. The molecule has 0 amide bonds. The molecular weight excluding hydrogens is 296 g/mol. The van der Waals surface area contributed by atoms with Crippen LogP contribution in [0.4, 0.5) is 0 Å². The lowest BCUT2D eigenvalue weighted by Crippen LogP contribution is -2.41. The van der Waals surface area contributed by atoms with Crippen molar-refractivity contribution in [2.45, 2.75) is 38.9 Å². The molecule has 2 heterocycles. The van der Waals surface area contributed by atoms with Gasteiger partial charge in [-0.2, -0.15) is 0 Å². The number of pyridine rings is 1. The van der Waals surface area contributed by atoms with Crippen molar-refractivity contribution in [2.24, 2.45) is 0 Å². The predicted octanol–water partition coefficient (Wildman–Crippen LogP) is 3.70. The van der Waals surface area contributed by atoms with Crippen molar-refractivity contribution in [1.29, 1.82) is 0 Å². The molecule has 0 radical (unpaired) electrons. The Hall–Kier alpha value is -1.36. The first-order valence-electron chi connectivity index (χ1n) is 7.36. The van der Waals surface area contributed by atoms with Gasteiger partial charge in [-0.3, -0.25) is 4.98 Å². The van der Waals surface area contributed by atoms with Crippen LogP contribution >= 0.6 is 11.6 Å². The van der Waals surface area contributed by atoms with Crippen LogP contribution < -0.4 is 5.46 Å². The molecule has 0 bridgehead atoms. The summed E-state index contributed by atoms with van der Waals surface area (Å²) in [6.45, 7) is 8.16. The molecule has 0 aliphatic carbocycles. The Labute approximate surface area is 136 Å². The van der Waals surface area contributed by atoms with Crippen LogP contribution in [0.1, 0.15) is 27.7 Å². The lowest BCUT2D eigenvalue weighted by molar-refractivity contribution is 0.00578. The molecule has 1 aliphatic heterocycles. The highest BCUT2D eigenvalue weighted by molar-refractivity contribution is 6.62. The van der Waals surface area contributed by atoms with Crippen LogP contribution in [-0.2, 0) is 9.31 Å². The highest BCUT2D eigenvalue weighted by Crippen LogP contribution is 2.36. The monoisotopic (exact) mass is 315 g/mol. The zero-order valence-electron chi connectivity index (χ0n) is 13.3. The number of benzene rings is 1. The van der Waals surface area contributed by atoms with Crippen LogP contribution in [0.3, 0.4) is 0 Å². The first-order valence-corrected chi connectivity index (χ1v) is 7.74. The molecular formula is C17H19BClNO2. The van der Waals surface area contributed by atoms with Crippen molar-refractivity contribution < 1.29 is 9.31 Å². The second-order valence-corrected chi connectivity index (χ2v) is 7.01. The molecule has 1 aliphatic rings. The zero-order valence-corrected chi connectivity index (χ0v) is 14.0. The van der Waals surface area contributed by atoms with E-state index < -0.39 is 7.12 Å². The zero-order chi connectivity index (χ0) is 16.0. The highest BCUT2D eigenvalue weighted by atomic mass is 35.5. The van der Waals surface area contributed by atoms with E-state index in [2.05, 4.69) is 4.98 Å². The van der Waals surface area contributed by atoms with Crippen molar-refractivity contribution in [3.05, 3.63) is 47.6 Å². The second-order valence-electron chi connectivity index (χ2n) is 6.58. The maximum absolute atomic E-state index is 6.28. The molecule has 22 heavy (non-hydrogen) atoms. The molecule has 0 saturated carbocycles. The first-order chi connectivity index (χ1) is 10.3. The van der Waals surface area contributed by atoms with Crippen molar-refractivity contribution in [1.82, 2.24) is 4.98 Å². The fourth-order valence-electron chi connectivity index (χ4n) is 2.41. The molecule has 5 heteroatoms. The molecule has 114 valence electrons. The van der Waals surface area contributed by atoms with E-state index in [0.29, 0.717) is 5.02 Å². The molecule has 2 aromatic rings. The van der Waals surface area contributed by atoms with Crippen LogP contribution in [0.15, 0.2) is 42.6 Å².